The van der Waals surface area contributed by atoms with E-state index < -0.39 is 30.3 Å². The second kappa shape index (κ2) is 8.53. The normalized spacial score (nSPS) is 11.5. The Bertz CT molecular complexity index is 775. The standard InChI is InChI=1S/C18H15BrFNO4/c1-11(17(23)12-2-6-14(19)7-3-12)25-16(22)10-21-18(24)13-4-8-15(20)9-5-13/h2-9,11H,10H2,1H3,(H,21,24)/t11-/m0/s1. The van der Waals surface area contributed by atoms with E-state index in [9.17, 15) is 18.8 Å². The van der Waals surface area contributed by atoms with Crippen LogP contribution < -0.4 is 5.32 Å². The number of halogens is 2. The second-order valence-corrected chi connectivity index (χ2v) is 6.11. The molecule has 1 N–H and O–H groups in total. The molecule has 2 aromatic carbocycles. The zero-order chi connectivity index (χ0) is 18.4. The first kappa shape index (κ1) is 18.8. The van der Waals surface area contributed by atoms with Crippen LogP contribution in [0.4, 0.5) is 4.39 Å². The number of nitrogens with one attached hydrogen (secondary N) is 1. The lowest BCUT2D eigenvalue weighted by Crippen LogP contribution is -2.34. The van der Waals surface area contributed by atoms with Crippen LogP contribution in [-0.2, 0) is 9.53 Å². The summed E-state index contributed by atoms with van der Waals surface area (Å²) < 4.78 is 18.7. The summed E-state index contributed by atoms with van der Waals surface area (Å²) >= 11 is 3.27. The van der Waals surface area contributed by atoms with Crippen molar-refractivity contribution in [3.05, 3.63) is 69.9 Å². The Hall–Kier alpha value is -2.54. The third-order valence-corrected chi connectivity index (χ3v) is 3.83. The molecule has 0 aliphatic rings. The molecule has 0 saturated carbocycles. The monoisotopic (exact) mass is 407 g/mol. The number of esters is 1. The number of hydrogen-bond acceptors (Lipinski definition) is 4. The highest BCUT2D eigenvalue weighted by Gasteiger charge is 2.20. The van der Waals surface area contributed by atoms with Crippen molar-refractivity contribution < 1.29 is 23.5 Å². The number of rotatable bonds is 6. The van der Waals surface area contributed by atoms with E-state index >= 15 is 0 Å². The minimum absolute atomic E-state index is 0.216. The molecular weight excluding hydrogens is 393 g/mol. The fraction of sp³-hybridized carbons (Fsp3) is 0.167. The molecule has 0 radical (unpaired) electrons. The number of carbonyl (C=O) groups is 3. The van der Waals surface area contributed by atoms with E-state index in [4.69, 9.17) is 4.74 Å². The van der Waals surface area contributed by atoms with Crippen LogP contribution in [0.2, 0.25) is 0 Å². The first-order chi connectivity index (χ1) is 11.9. The summed E-state index contributed by atoms with van der Waals surface area (Å²) in [5, 5.41) is 2.36. The second-order valence-electron chi connectivity index (χ2n) is 5.19. The van der Waals surface area contributed by atoms with Gasteiger partial charge in [-0.3, -0.25) is 14.4 Å². The van der Waals surface area contributed by atoms with Crippen LogP contribution in [0.25, 0.3) is 0 Å². The SMILES string of the molecule is C[C@H](OC(=O)CNC(=O)c1ccc(F)cc1)C(=O)c1ccc(Br)cc1. The minimum Gasteiger partial charge on any atom is -0.453 e. The van der Waals surface area contributed by atoms with E-state index in [0.717, 1.165) is 16.6 Å². The van der Waals surface area contributed by atoms with Gasteiger partial charge in [-0.2, -0.15) is 0 Å². The largest absolute Gasteiger partial charge is 0.453 e. The Labute approximate surface area is 152 Å². The molecule has 1 atom stereocenters. The molecule has 7 heteroatoms. The highest BCUT2D eigenvalue weighted by molar-refractivity contribution is 9.10. The number of benzene rings is 2. The van der Waals surface area contributed by atoms with Crippen molar-refractivity contribution >= 4 is 33.6 Å². The van der Waals surface area contributed by atoms with Crippen molar-refractivity contribution in [2.45, 2.75) is 13.0 Å². The maximum Gasteiger partial charge on any atom is 0.326 e. The van der Waals surface area contributed by atoms with Gasteiger partial charge in [0.1, 0.15) is 12.4 Å². The maximum absolute atomic E-state index is 12.8. The molecule has 25 heavy (non-hydrogen) atoms. The fourth-order valence-electron chi connectivity index (χ4n) is 2.00. The van der Waals surface area contributed by atoms with Gasteiger partial charge in [0.2, 0.25) is 5.78 Å². The van der Waals surface area contributed by atoms with Gasteiger partial charge in [-0.1, -0.05) is 28.1 Å². The topological polar surface area (TPSA) is 72.5 Å². The van der Waals surface area contributed by atoms with E-state index in [0.29, 0.717) is 5.56 Å². The van der Waals surface area contributed by atoms with Gasteiger partial charge in [-0.15, -0.1) is 0 Å². The van der Waals surface area contributed by atoms with Gasteiger partial charge in [0.05, 0.1) is 0 Å². The van der Waals surface area contributed by atoms with Crippen molar-refractivity contribution in [3.63, 3.8) is 0 Å². The molecule has 0 bridgehead atoms. The average molecular weight is 408 g/mol. The van der Waals surface area contributed by atoms with Gasteiger partial charge >= 0.3 is 5.97 Å². The van der Waals surface area contributed by atoms with Gasteiger partial charge in [-0.25, -0.2) is 4.39 Å². The zero-order valence-electron chi connectivity index (χ0n) is 13.3. The molecule has 130 valence electrons. The lowest BCUT2D eigenvalue weighted by molar-refractivity contribution is -0.145. The average Bonchev–Trinajstić information content (AvgIpc) is 2.60. The third-order valence-electron chi connectivity index (χ3n) is 3.31. The van der Waals surface area contributed by atoms with Crippen LogP contribution in [0.3, 0.4) is 0 Å². The summed E-state index contributed by atoms with van der Waals surface area (Å²) in [5.74, 6) is -2.08. The molecule has 1 amide bonds. The van der Waals surface area contributed by atoms with Gasteiger partial charge in [0.15, 0.2) is 6.10 Å². The Kier molecular flexibility index (Phi) is 6.41. The number of hydrogen-bond donors (Lipinski definition) is 1. The molecule has 2 aromatic rings. The first-order valence-electron chi connectivity index (χ1n) is 7.40. The number of ketones is 1. The van der Waals surface area contributed by atoms with Crippen LogP contribution in [0, 0.1) is 5.82 Å². The number of amides is 1. The van der Waals surface area contributed by atoms with Crippen LogP contribution in [0.15, 0.2) is 53.0 Å². The molecule has 5 nitrogen and oxygen atoms in total. The van der Waals surface area contributed by atoms with Crippen molar-refractivity contribution in [1.82, 2.24) is 5.32 Å². The van der Waals surface area contributed by atoms with Crippen molar-refractivity contribution in [1.29, 1.82) is 0 Å². The quantitative estimate of drug-likeness (QED) is 0.589. The van der Waals surface area contributed by atoms with E-state index in [-0.39, 0.29) is 11.3 Å². The van der Waals surface area contributed by atoms with E-state index in [1.165, 1.54) is 19.1 Å². The molecule has 0 aliphatic heterocycles. The van der Waals surface area contributed by atoms with E-state index in [1.807, 2.05) is 0 Å². The Morgan fingerprint density at radius 3 is 2.20 bits per heavy atom. The smallest absolute Gasteiger partial charge is 0.326 e. The summed E-state index contributed by atoms with van der Waals surface area (Å²) in [6, 6.07) is 11.6. The molecule has 0 fully saturated rings. The molecular formula is C18H15BrFNO4. The predicted molar refractivity (Wildman–Crippen MR) is 92.8 cm³/mol. The highest BCUT2D eigenvalue weighted by atomic mass is 79.9. The predicted octanol–water partition coefficient (Wildman–Crippen LogP) is 3.13. The van der Waals surface area contributed by atoms with Crippen LogP contribution in [0.1, 0.15) is 27.6 Å². The van der Waals surface area contributed by atoms with Crippen LogP contribution in [0.5, 0.6) is 0 Å². The van der Waals surface area contributed by atoms with Crippen molar-refractivity contribution in [2.75, 3.05) is 6.54 Å². The van der Waals surface area contributed by atoms with Gasteiger partial charge in [0, 0.05) is 15.6 Å². The summed E-state index contributed by atoms with van der Waals surface area (Å²) in [4.78, 5) is 35.8. The number of carbonyl (C=O) groups excluding carboxylic acids is 3. The molecule has 0 aliphatic carbocycles. The molecule has 0 heterocycles. The Balaban J connectivity index is 1.84. The minimum atomic E-state index is -0.976. The van der Waals surface area contributed by atoms with Gasteiger partial charge in [0.25, 0.3) is 5.91 Å². The lowest BCUT2D eigenvalue weighted by atomic mass is 10.1. The van der Waals surface area contributed by atoms with Gasteiger partial charge in [-0.05, 0) is 43.3 Å². The fourth-order valence-corrected chi connectivity index (χ4v) is 2.26. The lowest BCUT2D eigenvalue weighted by Gasteiger charge is -2.13. The Morgan fingerprint density at radius 2 is 1.60 bits per heavy atom. The number of Topliss-reactive ketones (excluding diaryl/α,β-unsaturated/α-hetero) is 1. The van der Waals surface area contributed by atoms with Crippen molar-refractivity contribution in [2.24, 2.45) is 0 Å². The van der Waals surface area contributed by atoms with Crippen LogP contribution in [-0.4, -0.2) is 30.3 Å². The summed E-state index contributed by atoms with van der Waals surface area (Å²) in [5.41, 5.74) is 0.632. The maximum atomic E-state index is 12.8. The summed E-state index contributed by atoms with van der Waals surface area (Å²) in [6.45, 7) is 1.07. The molecule has 0 saturated heterocycles. The molecule has 0 spiro atoms. The van der Waals surface area contributed by atoms with Crippen LogP contribution >= 0.6 is 15.9 Å². The molecule has 2 rings (SSSR count). The third kappa shape index (κ3) is 5.49. The number of ether oxygens (including phenoxy) is 1. The highest BCUT2D eigenvalue weighted by Crippen LogP contribution is 2.13. The molecule has 0 unspecified atom stereocenters. The summed E-state index contributed by atoms with van der Waals surface area (Å²) in [7, 11) is 0. The van der Waals surface area contributed by atoms with E-state index in [2.05, 4.69) is 21.2 Å². The first-order valence-corrected chi connectivity index (χ1v) is 8.19. The van der Waals surface area contributed by atoms with Gasteiger partial charge < -0.3 is 10.1 Å². The summed E-state index contributed by atoms with van der Waals surface area (Å²) in [6.07, 6.45) is -0.976. The molecule has 0 aromatic heterocycles. The van der Waals surface area contributed by atoms with Crippen molar-refractivity contribution in [3.8, 4) is 0 Å². The van der Waals surface area contributed by atoms with E-state index in [1.54, 1.807) is 24.3 Å². The Morgan fingerprint density at radius 1 is 1.04 bits per heavy atom. The zero-order valence-corrected chi connectivity index (χ0v) is 14.9.